The standard InChI is InChI=1S/C19H20F3NO3/c1-13(24)15-5-3-7-18(9-15)26-12-17(25)11-23-10-14-4-2-6-16(8-14)19(20,21)22/h2-9,17,23,25H,10-12H2,1H3/t17-/m0/s1. The summed E-state index contributed by atoms with van der Waals surface area (Å²) in [6.45, 7) is 1.80. The molecule has 2 rings (SSSR count). The van der Waals surface area contributed by atoms with Gasteiger partial charge in [-0.25, -0.2) is 0 Å². The van der Waals surface area contributed by atoms with Gasteiger partial charge < -0.3 is 15.2 Å². The van der Waals surface area contributed by atoms with E-state index in [0.717, 1.165) is 12.1 Å². The van der Waals surface area contributed by atoms with Crippen molar-refractivity contribution in [2.45, 2.75) is 25.7 Å². The summed E-state index contributed by atoms with van der Waals surface area (Å²) in [6.07, 6.45) is -5.22. The number of halogens is 3. The normalized spacial score (nSPS) is 12.7. The third-order valence-electron chi connectivity index (χ3n) is 3.65. The molecule has 0 aliphatic heterocycles. The van der Waals surface area contributed by atoms with E-state index in [2.05, 4.69) is 5.32 Å². The van der Waals surface area contributed by atoms with Crippen molar-refractivity contribution < 1.29 is 27.8 Å². The molecule has 0 saturated carbocycles. The zero-order chi connectivity index (χ0) is 19.2. The van der Waals surface area contributed by atoms with Crippen molar-refractivity contribution in [1.29, 1.82) is 0 Å². The van der Waals surface area contributed by atoms with Crippen molar-refractivity contribution in [3.05, 3.63) is 65.2 Å². The van der Waals surface area contributed by atoms with Crippen LogP contribution in [0.1, 0.15) is 28.4 Å². The minimum Gasteiger partial charge on any atom is -0.491 e. The van der Waals surface area contributed by atoms with Gasteiger partial charge in [0.2, 0.25) is 0 Å². The van der Waals surface area contributed by atoms with Crippen LogP contribution in [0.15, 0.2) is 48.5 Å². The monoisotopic (exact) mass is 367 g/mol. The molecular formula is C19H20F3NO3. The molecule has 0 aliphatic carbocycles. The topological polar surface area (TPSA) is 58.6 Å². The van der Waals surface area contributed by atoms with E-state index in [4.69, 9.17) is 4.74 Å². The Labute approximate surface area is 149 Å². The van der Waals surface area contributed by atoms with E-state index in [0.29, 0.717) is 16.9 Å². The van der Waals surface area contributed by atoms with Crippen molar-refractivity contribution >= 4 is 5.78 Å². The molecule has 1 atom stereocenters. The first-order valence-corrected chi connectivity index (χ1v) is 8.04. The van der Waals surface area contributed by atoms with Gasteiger partial charge in [-0.2, -0.15) is 13.2 Å². The van der Waals surface area contributed by atoms with E-state index in [1.807, 2.05) is 0 Å². The Bertz CT molecular complexity index is 747. The van der Waals surface area contributed by atoms with Crippen LogP contribution in [0, 0.1) is 0 Å². The SMILES string of the molecule is CC(=O)c1cccc(OC[C@@H](O)CNCc2cccc(C(F)(F)F)c2)c1. The first kappa shape index (κ1) is 19.9. The predicted octanol–water partition coefficient (Wildman–Crippen LogP) is 3.44. The minimum absolute atomic E-state index is 0.00303. The van der Waals surface area contributed by atoms with Crippen LogP contribution in [0.5, 0.6) is 5.75 Å². The van der Waals surface area contributed by atoms with Gasteiger partial charge in [0.15, 0.2) is 5.78 Å². The van der Waals surface area contributed by atoms with Gasteiger partial charge in [-0.15, -0.1) is 0 Å². The highest BCUT2D eigenvalue weighted by Crippen LogP contribution is 2.29. The number of carbonyl (C=O) groups is 1. The van der Waals surface area contributed by atoms with Gasteiger partial charge in [-0.05, 0) is 30.7 Å². The molecule has 0 spiro atoms. The summed E-state index contributed by atoms with van der Waals surface area (Å²) in [5, 5.41) is 12.8. The molecule has 0 aliphatic rings. The van der Waals surface area contributed by atoms with Gasteiger partial charge in [-0.1, -0.05) is 30.3 Å². The summed E-state index contributed by atoms with van der Waals surface area (Å²) >= 11 is 0. The number of alkyl halides is 3. The molecule has 2 aromatic carbocycles. The molecule has 26 heavy (non-hydrogen) atoms. The first-order valence-electron chi connectivity index (χ1n) is 8.04. The fraction of sp³-hybridized carbons (Fsp3) is 0.316. The van der Waals surface area contributed by atoms with Gasteiger partial charge in [0.1, 0.15) is 18.5 Å². The number of hydrogen-bond acceptors (Lipinski definition) is 4. The van der Waals surface area contributed by atoms with E-state index in [9.17, 15) is 23.1 Å². The molecule has 0 fully saturated rings. The molecule has 0 unspecified atom stereocenters. The molecule has 0 aromatic heterocycles. The summed E-state index contributed by atoms with van der Waals surface area (Å²) in [5.41, 5.74) is 0.285. The third kappa shape index (κ3) is 6.16. The van der Waals surface area contributed by atoms with Gasteiger partial charge in [0.05, 0.1) is 5.56 Å². The summed E-state index contributed by atoms with van der Waals surface area (Å²) < 4.78 is 43.4. The van der Waals surface area contributed by atoms with Crippen molar-refractivity contribution in [2.24, 2.45) is 0 Å². The lowest BCUT2D eigenvalue weighted by Crippen LogP contribution is -2.31. The largest absolute Gasteiger partial charge is 0.491 e. The summed E-state index contributed by atoms with van der Waals surface area (Å²) in [6, 6.07) is 11.6. The zero-order valence-corrected chi connectivity index (χ0v) is 14.2. The van der Waals surface area contributed by atoms with Crippen LogP contribution in [0.25, 0.3) is 0 Å². The van der Waals surface area contributed by atoms with E-state index < -0.39 is 17.8 Å². The number of benzene rings is 2. The Morgan fingerprint density at radius 1 is 1.19 bits per heavy atom. The summed E-state index contributed by atoms with van der Waals surface area (Å²) in [4.78, 5) is 11.3. The lowest BCUT2D eigenvalue weighted by molar-refractivity contribution is -0.137. The second-order valence-corrected chi connectivity index (χ2v) is 5.88. The molecule has 0 amide bonds. The Morgan fingerprint density at radius 2 is 1.92 bits per heavy atom. The number of carbonyl (C=O) groups excluding carboxylic acids is 1. The van der Waals surface area contributed by atoms with Crippen LogP contribution < -0.4 is 10.1 Å². The molecule has 140 valence electrons. The summed E-state index contributed by atoms with van der Waals surface area (Å²) in [7, 11) is 0. The van der Waals surface area contributed by atoms with Crippen LogP contribution in [0.3, 0.4) is 0 Å². The Kier molecular flexibility index (Phi) is 6.76. The predicted molar refractivity (Wildman–Crippen MR) is 91.1 cm³/mol. The number of hydrogen-bond donors (Lipinski definition) is 2. The molecular weight excluding hydrogens is 347 g/mol. The number of ether oxygens (including phenoxy) is 1. The third-order valence-corrected chi connectivity index (χ3v) is 3.65. The Hall–Kier alpha value is -2.38. The fourth-order valence-corrected chi connectivity index (χ4v) is 2.30. The Balaban J connectivity index is 1.78. The highest BCUT2D eigenvalue weighted by Gasteiger charge is 2.30. The van der Waals surface area contributed by atoms with Crippen LogP contribution in [0.4, 0.5) is 13.2 Å². The number of ketones is 1. The molecule has 7 heteroatoms. The van der Waals surface area contributed by atoms with Gasteiger partial charge in [0, 0.05) is 18.7 Å². The first-order chi connectivity index (χ1) is 12.3. The smallest absolute Gasteiger partial charge is 0.416 e. The molecule has 0 heterocycles. The average Bonchev–Trinajstić information content (AvgIpc) is 2.60. The number of Topliss-reactive ketones (excluding diaryl/α,β-unsaturated/α-hetero) is 1. The van der Waals surface area contributed by atoms with Crippen LogP contribution >= 0.6 is 0 Å². The number of nitrogens with one attached hydrogen (secondary N) is 1. The quantitative estimate of drug-likeness (QED) is 0.702. The molecule has 2 N–H and O–H groups in total. The highest BCUT2D eigenvalue weighted by molar-refractivity contribution is 5.94. The van der Waals surface area contributed by atoms with E-state index >= 15 is 0 Å². The van der Waals surface area contributed by atoms with E-state index in [1.54, 1.807) is 30.3 Å². The maximum atomic E-state index is 12.7. The molecule has 4 nitrogen and oxygen atoms in total. The lowest BCUT2D eigenvalue weighted by atomic mass is 10.1. The van der Waals surface area contributed by atoms with Crippen LogP contribution in [-0.2, 0) is 12.7 Å². The van der Waals surface area contributed by atoms with Gasteiger partial charge in [0.25, 0.3) is 0 Å². The van der Waals surface area contributed by atoms with Crippen molar-refractivity contribution in [1.82, 2.24) is 5.32 Å². The second-order valence-electron chi connectivity index (χ2n) is 5.88. The molecule has 0 bridgehead atoms. The second kappa shape index (κ2) is 8.82. The van der Waals surface area contributed by atoms with E-state index in [-0.39, 0.29) is 25.5 Å². The Morgan fingerprint density at radius 3 is 2.62 bits per heavy atom. The van der Waals surface area contributed by atoms with Crippen molar-refractivity contribution in [3.8, 4) is 5.75 Å². The molecule has 2 aromatic rings. The zero-order valence-electron chi connectivity index (χ0n) is 14.2. The summed E-state index contributed by atoms with van der Waals surface area (Å²) in [5.74, 6) is 0.383. The maximum Gasteiger partial charge on any atom is 0.416 e. The van der Waals surface area contributed by atoms with Crippen LogP contribution in [-0.4, -0.2) is 30.1 Å². The lowest BCUT2D eigenvalue weighted by Gasteiger charge is -2.14. The fourth-order valence-electron chi connectivity index (χ4n) is 2.30. The number of rotatable bonds is 8. The maximum absolute atomic E-state index is 12.7. The highest BCUT2D eigenvalue weighted by atomic mass is 19.4. The number of aliphatic hydroxyl groups excluding tert-OH is 1. The van der Waals surface area contributed by atoms with Gasteiger partial charge >= 0.3 is 6.18 Å². The molecule has 0 radical (unpaired) electrons. The minimum atomic E-state index is -4.38. The van der Waals surface area contributed by atoms with Crippen molar-refractivity contribution in [3.63, 3.8) is 0 Å². The van der Waals surface area contributed by atoms with Crippen molar-refractivity contribution in [2.75, 3.05) is 13.2 Å². The van der Waals surface area contributed by atoms with Crippen LogP contribution in [0.2, 0.25) is 0 Å². The van der Waals surface area contributed by atoms with E-state index in [1.165, 1.54) is 13.0 Å². The average molecular weight is 367 g/mol. The molecule has 0 saturated heterocycles. The van der Waals surface area contributed by atoms with Gasteiger partial charge in [-0.3, -0.25) is 4.79 Å². The number of aliphatic hydroxyl groups is 1.